The summed E-state index contributed by atoms with van der Waals surface area (Å²) >= 11 is 0. The van der Waals surface area contributed by atoms with Gasteiger partial charge in [-0.1, -0.05) is 6.07 Å². The van der Waals surface area contributed by atoms with Crippen molar-refractivity contribution in [3.63, 3.8) is 0 Å². The van der Waals surface area contributed by atoms with Gasteiger partial charge in [-0.3, -0.25) is 4.79 Å². The van der Waals surface area contributed by atoms with Crippen molar-refractivity contribution in [1.29, 1.82) is 0 Å². The summed E-state index contributed by atoms with van der Waals surface area (Å²) < 4.78 is 0. The van der Waals surface area contributed by atoms with E-state index in [-0.39, 0.29) is 5.91 Å². The van der Waals surface area contributed by atoms with Crippen LogP contribution >= 0.6 is 0 Å². The number of likely N-dealkylation sites (N-methyl/N-ethyl adjacent to an activating group) is 1. The Morgan fingerprint density at radius 2 is 2.10 bits per heavy atom. The number of hydrogen-bond acceptors (Lipinski definition) is 3. The number of piperazine rings is 1. The van der Waals surface area contributed by atoms with Crippen LogP contribution in [0.5, 0.6) is 0 Å². The maximum Gasteiger partial charge on any atom is 0.272 e. The van der Waals surface area contributed by atoms with Gasteiger partial charge in [0.05, 0.1) is 5.69 Å². The van der Waals surface area contributed by atoms with Crippen LogP contribution in [0.4, 0.5) is 11.4 Å². The van der Waals surface area contributed by atoms with Crippen molar-refractivity contribution in [3.05, 3.63) is 48.3 Å². The monoisotopic (exact) mass is 283 g/mol. The molecule has 3 rings (SSSR count). The zero-order valence-electron chi connectivity index (χ0n) is 12.1. The molecule has 1 fully saturated rings. The molecule has 0 atom stereocenters. The Kier molecular flexibility index (Phi) is 3.92. The molecular weight excluding hydrogens is 264 g/mol. The molecule has 1 aromatic carbocycles. The fraction of sp³-hybridized carbons (Fsp3) is 0.312. The Hall–Kier alpha value is -2.27. The lowest BCUT2D eigenvalue weighted by Crippen LogP contribution is -2.44. The van der Waals surface area contributed by atoms with Gasteiger partial charge in [-0.15, -0.1) is 0 Å². The van der Waals surface area contributed by atoms with Crippen molar-refractivity contribution in [2.75, 3.05) is 43.4 Å². The molecule has 1 aliphatic rings. The summed E-state index contributed by atoms with van der Waals surface area (Å²) in [6.07, 6.45) is 1.74. The average molecular weight is 283 g/mol. The second-order valence-corrected chi connectivity index (χ2v) is 5.29. The van der Waals surface area contributed by atoms with Crippen molar-refractivity contribution in [2.45, 2.75) is 0 Å². The number of nitrogens with zero attached hydrogens (tertiary/aromatic N) is 2. The highest BCUT2D eigenvalue weighted by molar-refractivity contribution is 6.03. The van der Waals surface area contributed by atoms with Gasteiger partial charge in [0, 0.05) is 44.1 Å². The lowest BCUT2D eigenvalue weighted by atomic mass is 10.2. The summed E-state index contributed by atoms with van der Waals surface area (Å²) in [4.78, 5) is 19.6. The number of amides is 1. The van der Waals surface area contributed by atoms with Gasteiger partial charge in [0.15, 0.2) is 0 Å². The molecule has 2 N–H and O–H groups in total. The third-order valence-corrected chi connectivity index (χ3v) is 3.74. The topological polar surface area (TPSA) is 51.4 Å². The number of carbonyl (C=O) groups excluding carboxylic acids is 1. The standard InChI is InChI=1S/C16H19N4O/c1-19-8-10-20(11-9-19)14-5-2-4-13(12-14)18-16(21)15-6-3-7-17-15/h2-3,5-7,12,17H,8-11H2,1H3,(H,18,21). The van der Waals surface area contributed by atoms with E-state index in [1.807, 2.05) is 18.2 Å². The van der Waals surface area contributed by atoms with Crippen LogP contribution in [0.3, 0.4) is 0 Å². The summed E-state index contributed by atoms with van der Waals surface area (Å²) in [6.45, 7) is 4.13. The molecule has 109 valence electrons. The van der Waals surface area contributed by atoms with Crippen molar-refractivity contribution in [3.8, 4) is 0 Å². The van der Waals surface area contributed by atoms with E-state index in [2.05, 4.69) is 33.2 Å². The maximum atomic E-state index is 12.0. The quantitative estimate of drug-likeness (QED) is 0.903. The molecule has 1 amide bonds. The first-order chi connectivity index (χ1) is 10.2. The first-order valence-corrected chi connectivity index (χ1v) is 7.12. The van der Waals surface area contributed by atoms with Gasteiger partial charge >= 0.3 is 0 Å². The summed E-state index contributed by atoms with van der Waals surface area (Å²) in [6, 6.07) is 12.5. The van der Waals surface area contributed by atoms with Gasteiger partial charge in [-0.05, 0) is 31.3 Å². The van der Waals surface area contributed by atoms with E-state index in [1.165, 1.54) is 0 Å². The van der Waals surface area contributed by atoms with Crippen molar-refractivity contribution < 1.29 is 4.79 Å². The predicted molar refractivity (Wildman–Crippen MR) is 83.7 cm³/mol. The van der Waals surface area contributed by atoms with Crippen LogP contribution in [0, 0.1) is 6.07 Å². The second kappa shape index (κ2) is 6.01. The molecule has 1 aromatic heterocycles. The van der Waals surface area contributed by atoms with Crippen molar-refractivity contribution in [1.82, 2.24) is 9.88 Å². The number of benzene rings is 1. The fourth-order valence-corrected chi connectivity index (χ4v) is 2.45. The molecule has 5 nitrogen and oxygen atoms in total. The third kappa shape index (κ3) is 3.25. The first-order valence-electron chi connectivity index (χ1n) is 7.12. The fourth-order valence-electron chi connectivity index (χ4n) is 2.45. The van der Waals surface area contributed by atoms with Gasteiger partial charge in [0.2, 0.25) is 0 Å². The normalized spacial score (nSPS) is 16.0. The van der Waals surface area contributed by atoms with E-state index < -0.39 is 0 Å². The van der Waals surface area contributed by atoms with Crippen LogP contribution in [0.15, 0.2) is 36.5 Å². The van der Waals surface area contributed by atoms with Crippen molar-refractivity contribution in [2.24, 2.45) is 0 Å². The molecule has 0 unspecified atom stereocenters. The molecule has 0 aliphatic carbocycles. The number of rotatable bonds is 3. The maximum absolute atomic E-state index is 12.0. The Bertz CT molecular complexity index is 600. The van der Waals surface area contributed by atoms with E-state index in [9.17, 15) is 4.79 Å². The number of hydrogen-bond donors (Lipinski definition) is 2. The van der Waals surface area contributed by atoms with Crippen LogP contribution in [-0.2, 0) is 0 Å². The third-order valence-electron chi connectivity index (χ3n) is 3.74. The molecule has 21 heavy (non-hydrogen) atoms. The molecule has 2 aromatic rings. The average Bonchev–Trinajstić information content (AvgIpc) is 3.02. The van der Waals surface area contributed by atoms with Crippen LogP contribution in [-0.4, -0.2) is 49.0 Å². The Balaban J connectivity index is 1.70. The minimum atomic E-state index is -0.147. The SMILES string of the molecule is CN1CCN(c2cc[c]c(NC(=O)c3ccc[nH]3)c2)CC1. The van der Waals surface area contributed by atoms with E-state index in [4.69, 9.17) is 0 Å². The molecule has 1 radical (unpaired) electrons. The van der Waals surface area contributed by atoms with E-state index >= 15 is 0 Å². The molecule has 5 heteroatoms. The summed E-state index contributed by atoms with van der Waals surface area (Å²) in [5, 5.41) is 2.87. The zero-order valence-corrected chi connectivity index (χ0v) is 12.1. The van der Waals surface area contributed by atoms with Gasteiger partial charge in [-0.2, -0.15) is 0 Å². The summed E-state index contributed by atoms with van der Waals surface area (Å²) in [5.74, 6) is -0.147. The molecule has 2 heterocycles. The minimum Gasteiger partial charge on any atom is -0.369 e. The molecular formula is C16H19N4O. The highest BCUT2D eigenvalue weighted by Gasteiger charge is 2.15. The van der Waals surface area contributed by atoms with Gasteiger partial charge < -0.3 is 20.1 Å². The number of aromatic nitrogens is 1. The molecule has 0 bridgehead atoms. The van der Waals surface area contributed by atoms with E-state index in [0.29, 0.717) is 11.4 Å². The van der Waals surface area contributed by atoms with Crippen molar-refractivity contribution >= 4 is 17.3 Å². The lowest BCUT2D eigenvalue weighted by molar-refractivity contribution is 0.102. The number of anilines is 2. The largest absolute Gasteiger partial charge is 0.369 e. The lowest BCUT2D eigenvalue weighted by Gasteiger charge is -2.34. The van der Waals surface area contributed by atoms with Gasteiger partial charge in [-0.25, -0.2) is 0 Å². The Morgan fingerprint density at radius 3 is 2.81 bits per heavy atom. The van der Waals surface area contributed by atoms with Crippen LogP contribution < -0.4 is 10.2 Å². The van der Waals surface area contributed by atoms with Crippen LogP contribution in [0.25, 0.3) is 0 Å². The number of carbonyl (C=O) groups is 1. The smallest absolute Gasteiger partial charge is 0.272 e. The van der Waals surface area contributed by atoms with Crippen LogP contribution in [0.1, 0.15) is 10.5 Å². The number of nitrogens with one attached hydrogen (secondary N) is 2. The first kappa shape index (κ1) is 13.7. The van der Waals surface area contributed by atoms with E-state index in [1.54, 1.807) is 18.3 Å². The number of aromatic amines is 1. The second-order valence-electron chi connectivity index (χ2n) is 5.29. The highest BCUT2D eigenvalue weighted by atomic mass is 16.1. The summed E-state index contributed by atoms with van der Waals surface area (Å²) in [7, 11) is 2.14. The van der Waals surface area contributed by atoms with E-state index in [0.717, 1.165) is 31.9 Å². The predicted octanol–water partition coefficient (Wildman–Crippen LogP) is 1.82. The Morgan fingerprint density at radius 1 is 1.29 bits per heavy atom. The van der Waals surface area contributed by atoms with Crippen LogP contribution in [0.2, 0.25) is 0 Å². The molecule has 0 spiro atoms. The highest BCUT2D eigenvalue weighted by Crippen LogP contribution is 2.20. The minimum absolute atomic E-state index is 0.147. The Labute approximate surface area is 124 Å². The summed E-state index contributed by atoms with van der Waals surface area (Å²) in [5.41, 5.74) is 2.38. The van der Waals surface area contributed by atoms with Gasteiger partial charge in [0.1, 0.15) is 5.69 Å². The molecule has 0 saturated carbocycles. The zero-order chi connectivity index (χ0) is 14.7. The number of H-pyrrole nitrogens is 1. The van der Waals surface area contributed by atoms with Gasteiger partial charge in [0.25, 0.3) is 5.91 Å². The molecule has 1 aliphatic heterocycles. The molecule has 1 saturated heterocycles.